The average Bonchev–Trinajstić information content (AvgIpc) is 2.48. The van der Waals surface area contributed by atoms with Crippen LogP contribution < -0.4 is 10.5 Å². The van der Waals surface area contributed by atoms with Crippen molar-refractivity contribution in [1.29, 1.82) is 0 Å². The van der Waals surface area contributed by atoms with Gasteiger partial charge in [0.25, 0.3) is 5.91 Å². The van der Waals surface area contributed by atoms with Crippen LogP contribution in [-0.4, -0.2) is 12.5 Å². The lowest BCUT2D eigenvalue weighted by atomic mass is 10.1. The second-order valence-corrected chi connectivity index (χ2v) is 4.65. The fraction of sp³-hybridized carbons (Fsp3) is 0.235. The quantitative estimate of drug-likeness (QED) is 0.785. The minimum atomic E-state index is -0.454. The summed E-state index contributed by atoms with van der Waals surface area (Å²) in [5.41, 5.74) is 7.08. The van der Waals surface area contributed by atoms with Crippen LogP contribution in [0.1, 0.15) is 28.8 Å². The number of hydrogen-bond acceptors (Lipinski definition) is 2. The van der Waals surface area contributed by atoms with Crippen molar-refractivity contribution >= 4 is 5.91 Å². The van der Waals surface area contributed by atoms with Gasteiger partial charge in [-0.2, -0.15) is 0 Å². The summed E-state index contributed by atoms with van der Waals surface area (Å²) in [6.07, 6.45) is 3.05. The monoisotopic (exact) mass is 269 g/mol. The highest BCUT2D eigenvalue weighted by Crippen LogP contribution is 2.17. The van der Waals surface area contributed by atoms with Crippen LogP contribution in [0.5, 0.6) is 5.75 Å². The highest BCUT2D eigenvalue weighted by atomic mass is 16.5. The predicted octanol–water partition coefficient (Wildman–Crippen LogP) is 3.19. The SMILES string of the molecule is NC(=O)c1ccccc1OCCCCc1ccccc1. The molecule has 0 spiro atoms. The number of nitrogens with two attached hydrogens (primary N) is 1. The van der Waals surface area contributed by atoms with Crippen molar-refractivity contribution in [3.05, 3.63) is 65.7 Å². The highest BCUT2D eigenvalue weighted by molar-refractivity contribution is 5.95. The third-order valence-electron chi connectivity index (χ3n) is 3.11. The maximum Gasteiger partial charge on any atom is 0.252 e. The van der Waals surface area contributed by atoms with E-state index in [4.69, 9.17) is 10.5 Å². The van der Waals surface area contributed by atoms with Crippen LogP contribution >= 0.6 is 0 Å². The number of rotatable bonds is 7. The van der Waals surface area contributed by atoms with E-state index in [1.165, 1.54) is 5.56 Å². The first-order chi connectivity index (χ1) is 9.77. The van der Waals surface area contributed by atoms with Gasteiger partial charge in [-0.3, -0.25) is 4.79 Å². The second kappa shape index (κ2) is 7.34. The summed E-state index contributed by atoms with van der Waals surface area (Å²) in [6, 6.07) is 17.5. The number of unbranched alkanes of at least 4 members (excludes halogenated alkanes) is 1. The maximum absolute atomic E-state index is 11.2. The Morgan fingerprint density at radius 1 is 0.950 bits per heavy atom. The molecule has 0 unspecified atom stereocenters. The van der Waals surface area contributed by atoms with Gasteiger partial charge in [0.05, 0.1) is 12.2 Å². The van der Waals surface area contributed by atoms with Crippen molar-refractivity contribution in [3.63, 3.8) is 0 Å². The summed E-state index contributed by atoms with van der Waals surface area (Å²) in [5, 5.41) is 0. The van der Waals surface area contributed by atoms with Crippen molar-refractivity contribution in [2.24, 2.45) is 5.73 Å². The molecule has 0 radical (unpaired) electrons. The summed E-state index contributed by atoms with van der Waals surface area (Å²) in [6.45, 7) is 0.594. The van der Waals surface area contributed by atoms with E-state index in [0.29, 0.717) is 17.9 Å². The number of para-hydroxylation sites is 1. The van der Waals surface area contributed by atoms with Crippen LogP contribution in [0.15, 0.2) is 54.6 Å². The second-order valence-electron chi connectivity index (χ2n) is 4.65. The fourth-order valence-corrected chi connectivity index (χ4v) is 2.05. The summed E-state index contributed by atoms with van der Waals surface area (Å²) in [4.78, 5) is 11.2. The molecule has 3 nitrogen and oxygen atoms in total. The summed E-state index contributed by atoms with van der Waals surface area (Å²) >= 11 is 0. The molecule has 0 aliphatic heterocycles. The van der Waals surface area contributed by atoms with Crippen molar-refractivity contribution in [1.82, 2.24) is 0 Å². The van der Waals surface area contributed by atoms with Gasteiger partial charge in [0, 0.05) is 0 Å². The van der Waals surface area contributed by atoms with Gasteiger partial charge < -0.3 is 10.5 Å². The third kappa shape index (κ3) is 4.12. The number of benzene rings is 2. The van der Waals surface area contributed by atoms with E-state index in [1.54, 1.807) is 18.2 Å². The lowest BCUT2D eigenvalue weighted by molar-refractivity contribution is 0.0996. The van der Waals surface area contributed by atoms with Gasteiger partial charge in [0.15, 0.2) is 0 Å². The first kappa shape index (κ1) is 14.1. The van der Waals surface area contributed by atoms with Crippen molar-refractivity contribution in [2.75, 3.05) is 6.61 Å². The molecule has 20 heavy (non-hydrogen) atoms. The molecule has 0 atom stereocenters. The zero-order valence-electron chi connectivity index (χ0n) is 11.4. The van der Waals surface area contributed by atoms with Gasteiger partial charge in [-0.1, -0.05) is 42.5 Å². The smallest absolute Gasteiger partial charge is 0.252 e. The van der Waals surface area contributed by atoms with Gasteiger partial charge in [0.2, 0.25) is 0 Å². The van der Waals surface area contributed by atoms with E-state index in [-0.39, 0.29) is 0 Å². The largest absolute Gasteiger partial charge is 0.493 e. The standard InChI is InChI=1S/C17H19NO2/c18-17(19)15-11-4-5-12-16(15)20-13-7-6-10-14-8-2-1-3-9-14/h1-5,8-9,11-12H,6-7,10,13H2,(H2,18,19). The Morgan fingerprint density at radius 2 is 1.65 bits per heavy atom. The van der Waals surface area contributed by atoms with Gasteiger partial charge in [0.1, 0.15) is 5.75 Å². The van der Waals surface area contributed by atoms with Crippen LogP contribution in [0.2, 0.25) is 0 Å². The zero-order chi connectivity index (χ0) is 14.2. The molecule has 0 aliphatic rings. The predicted molar refractivity (Wildman–Crippen MR) is 79.8 cm³/mol. The lowest BCUT2D eigenvalue weighted by Gasteiger charge is -2.09. The Hall–Kier alpha value is -2.29. The van der Waals surface area contributed by atoms with Crippen LogP contribution in [-0.2, 0) is 6.42 Å². The topological polar surface area (TPSA) is 52.3 Å². The summed E-state index contributed by atoms with van der Waals surface area (Å²) in [7, 11) is 0. The van der Waals surface area contributed by atoms with Crippen LogP contribution in [0, 0.1) is 0 Å². The Morgan fingerprint density at radius 3 is 2.40 bits per heavy atom. The highest BCUT2D eigenvalue weighted by Gasteiger charge is 2.07. The van der Waals surface area contributed by atoms with E-state index in [0.717, 1.165) is 19.3 Å². The number of aryl methyl sites for hydroxylation is 1. The molecule has 0 bridgehead atoms. The molecule has 2 N–H and O–H groups in total. The molecule has 0 aliphatic carbocycles. The van der Waals surface area contributed by atoms with Gasteiger partial charge >= 0.3 is 0 Å². The van der Waals surface area contributed by atoms with Crippen molar-refractivity contribution in [3.8, 4) is 5.75 Å². The Bertz CT molecular complexity index is 552. The van der Waals surface area contributed by atoms with E-state index in [2.05, 4.69) is 24.3 Å². The molecular formula is C17H19NO2. The van der Waals surface area contributed by atoms with Crippen molar-refractivity contribution in [2.45, 2.75) is 19.3 Å². The van der Waals surface area contributed by atoms with Crippen LogP contribution in [0.25, 0.3) is 0 Å². The molecule has 0 fully saturated rings. The Kier molecular flexibility index (Phi) is 5.18. The number of ether oxygens (including phenoxy) is 1. The molecule has 2 rings (SSSR count). The first-order valence-electron chi connectivity index (χ1n) is 6.83. The van der Waals surface area contributed by atoms with E-state index >= 15 is 0 Å². The number of amides is 1. The van der Waals surface area contributed by atoms with Crippen LogP contribution in [0.3, 0.4) is 0 Å². The molecule has 0 aromatic heterocycles. The molecule has 0 saturated heterocycles. The Labute approximate surface area is 119 Å². The molecule has 2 aromatic rings. The van der Waals surface area contributed by atoms with Gasteiger partial charge in [-0.25, -0.2) is 0 Å². The minimum Gasteiger partial charge on any atom is -0.493 e. The summed E-state index contributed by atoms with van der Waals surface area (Å²) < 4.78 is 5.64. The molecular weight excluding hydrogens is 250 g/mol. The number of carbonyl (C=O) groups excluding carboxylic acids is 1. The number of carbonyl (C=O) groups is 1. The zero-order valence-corrected chi connectivity index (χ0v) is 11.4. The number of primary amides is 1. The van der Waals surface area contributed by atoms with Gasteiger partial charge in [-0.05, 0) is 37.0 Å². The Balaban J connectivity index is 1.75. The molecule has 3 heteroatoms. The number of hydrogen-bond donors (Lipinski definition) is 1. The van der Waals surface area contributed by atoms with E-state index in [1.807, 2.05) is 12.1 Å². The fourth-order valence-electron chi connectivity index (χ4n) is 2.05. The molecule has 0 saturated carbocycles. The molecule has 2 aromatic carbocycles. The van der Waals surface area contributed by atoms with Crippen LogP contribution in [0.4, 0.5) is 0 Å². The third-order valence-corrected chi connectivity index (χ3v) is 3.11. The molecule has 104 valence electrons. The summed E-state index contributed by atoms with van der Waals surface area (Å²) in [5.74, 6) is 0.115. The van der Waals surface area contributed by atoms with E-state index < -0.39 is 5.91 Å². The van der Waals surface area contributed by atoms with Gasteiger partial charge in [-0.15, -0.1) is 0 Å². The first-order valence-corrected chi connectivity index (χ1v) is 6.83. The van der Waals surface area contributed by atoms with Crippen molar-refractivity contribution < 1.29 is 9.53 Å². The lowest BCUT2D eigenvalue weighted by Crippen LogP contribution is -2.13. The van der Waals surface area contributed by atoms with E-state index in [9.17, 15) is 4.79 Å². The molecule has 1 amide bonds. The molecule has 0 heterocycles. The average molecular weight is 269 g/mol. The normalized spacial score (nSPS) is 10.2. The minimum absolute atomic E-state index is 0.440. The maximum atomic E-state index is 11.2.